The molecule has 1 aliphatic heterocycles. The van der Waals surface area contributed by atoms with Crippen LogP contribution in [0.4, 0.5) is 0 Å². The number of benzene rings is 1. The molecule has 0 saturated carbocycles. The molecule has 0 amide bonds. The van der Waals surface area contributed by atoms with Crippen LogP contribution in [0.15, 0.2) is 18.2 Å². The Balaban J connectivity index is 0.00000144. The summed E-state index contributed by atoms with van der Waals surface area (Å²) in [7, 11) is 0. The van der Waals surface area contributed by atoms with Gasteiger partial charge in [0.2, 0.25) is 0 Å². The van der Waals surface area contributed by atoms with Gasteiger partial charge in [0.1, 0.15) is 11.5 Å². The van der Waals surface area contributed by atoms with Gasteiger partial charge in [0.25, 0.3) is 0 Å². The van der Waals surface area contributed by atoms with Crippen molar-refractivity contribution in [2.75, 3.05) is 13.2 Å². The molecule has 0 spiro atoms. The summed E-state index contributed by atoms with van der Waals surface area (Å²) >= 11 is 0. The molecular formula is C12H18ClNO3. The second-order valence-corrected chi connectivity index (χ2v) is 4.26. The number of aromatic hydroxyl groups is 2. The van der Waals surface area contributed by atoms with Gasteiger partial charge in [-0.2, -0.15) is 0 Å². The summed E-state index contributed by atoms with van der Waals surface area (Å²) in [6, 6.07) is 4.38. The number of phenols is 2. The molecule has 1 saturated heterocycles. The number of ether oxygens (including phenoxy) is 1. The van der Waals surface area contributed by atoms with E-state index in [1.54, 1.807) is 12.1 Å². The van der Waals surface area contributed by atoms with E-state index in [9.17, 15) is 10.2 Å². The molecule has 5 heteroatoms. The standard InChI is InChI=1S/C12H17NO3.ClH/c13-12(8-1-3-16-4-2-8)9-5-10(14)7-11(15)6-9;/h5-8,12,14-15H,1-4,13H2;1H/t12-;/m0./s1. The average molecular weight is 260 g/mol. The van der Waals surface area contributed by atoms with E-state index in [1.165, 1.54) is 6.07 Å². The molecule has 0 bridgehead atoms. The van der Waals surface area contributed by atoms with Crippen molar-refractivity contribution >= 4 is 12.4 Å². The van der Waals surface area contributed by atoms with Crippen LogP contribution in [-0.2, 0) is 4.74 Å². The Kier molecular flexibility index (Phi) is 5.05. The summed E-state index contributed by atoms with van der Waals surface area (Å²) < 4.78 is 5.28. The fourth-order valence-electron chi connectivity index (χ4n) is 2.16. The first-order chi connectivity index (χ1) is 7.66. The largest absolute Gasteiger partial charge is 0.508 e. The first kappa shape index (κ1) is 14.1. The Labute approximate surface area is 107 Å². The number of hydrogen-bond acceptors (Lipinski definition) is 4. The molecule has 96 valence electrons. The van der Waals surface area contributed by atoms with Crippen molar-refractivity contribution in [1.29, 1.82) is 0 Å². The van der Waals surface area contributed by atoms with Crippen molar-refractivity contribution in [1.82, 2.24) is 0 Å². The molecule has 0 aliphatic carbocycles. The third-order valence-corrected chi connectivity index (χ3v) is 3.08. The van der Waals surface area contributed by atoms with E-state index in [0.29, 0.717) is 5.92 Å². The lowest BCUT2D eigenvalue weighted by Gasteiger charge is -2.28. The van der Waals surface area contributed by atoms with Gasteiger partial charge in [0.05, 0.1) is 0 Å². The number of rotatable bonds is 2. The van der Waals surface area contributed by atoms with Crippen molar-refractivity contribution in [3.05, 3.63) is 23.8 Å². The van der Waals surface area contributed by atoms with Gasteiger partial charge in [-0.05, 0) is 36.5 Å². The first-order valence-corrected chi connectivity index (χ1v) is 5.53. The van der Waals surface area contributed by atoms with E-state index in [2.05, 4.69) is 0 Å². The molecular weight excluding hydrogens is 242 g/mol. The van der Waals surface area contributed by atoms with Crippen LogP contribution in [0, 0.1) is 5.92 Å². The summed E-state index contributed by atoms with van der Waals surface area (Å²) in [5.74, 6) is 0.463. The molecule has 4 nitrogen and oxygen atoms in total. The summed E-state index contributed by atoms with van der Waals surface area (Å²) in [5, 5.41) is 18.8. The number of halogens is 1. The third kappa shape index (κ3) is 3.49. The van der Waals surface area contributed by atoms with Gasteiger partial charge < -0.3 is 20.7 Å². The average Bonchev–Trinajstić information content (AvgIpc) is 2.28. The van der Waals surface area contributed by atoms with Crippen molar-refractivity contribution < 1.29 is 14.9 Å². The van der Waals surface area contributed by atoms with Gasteiger partial charge in [-0.3, -0.25) is 0 Å². The van der Waals surface area contributed by atoms with Crippen LogP contribution < -0.4 is 5.73 Å². The number of nitrogens with two attached hydrogens (primary N) is 1. The fraction of sp³-hybridized carbons (Fsp3) is 0.500. The van der Waals surface area contributed by atoms with Crippen LogP contribution in [0.25, 0.3) is 0 Å². The highest BCUT2D eigenvalue weighted by Crippen LogP contribution is 2.31. The van der Waals surface area contributed by atoms with Crippen LogP contribution in [0.5, 0.6) is 11.5 Å². The van der Waals surface area contributed by atoms with Crippen molar-refractivity contribution in [2.45, 2.75) is 18.9 Å². The monoisotopic (exact) mass is 259 g/mol. The van der Waals surface area contributed by atoms with Crippen LogP contribution >= 0.6 is 12.4 Å². The lowest BCUT2D eigenvalue weighted by atomic mass is 9.87. The fourth-order valence-corrected chi connectivity index (χ4v) is 2.16. The minimum atomic E-state index is -0.151. The van der Waals surface area contributed by atoms with Crippen LogP contribution in [-0.4, -0.2) is 23.4 Å². The van der Waals surface area contributed by atoms with E-state index in [1.807, 2.05) is 0 Å². The van der Waals surface area contributed by atoms with E-state index in [4.69, 9.17) is 10.5 Å². The second kappa shape index (κ2) is 6.10. The highest BCUT2D eigenvalue weighted by molar-refractivity contribution is 5.85. The maximum Gasteiger partial charge on any atom is 0.119 e. The first-order valence-electron chi connectivity index (χ1n) is 5.53. The molecule has 1 fully saturated rings. The molecule has 1 aromatic carbocycles. The van der Waals surface area contributed by atoms with Crippen LogP contribution in [0.3, 0.4) is 0 Å². The Hall–Kier alpha value is -0.970. The van der Waals surface area contributed by atoms with Gasteiger partial charge in [-0.15, -0.1) is 12.4 Å². The highest BCUT2D eigenvalue weighted by atomic mass is 35.5. The molecule has 4 N–H and O–H groups in total. The maximum atomic E-state index is 9.40. The zero-order valence-electron chi connectivity index (χ0n) is 9.50. The Morgan fingerprint density at radius 3 is 2.18 bits per heavy atom. The minimum Gasteiger partial charge on any atom is -0.508 e. The molecule has 0 unspecified atom stereocenters. The summed E-state index contributed by atoms with van der Waals surface area (Å²) in [6.45, 7) is 1.48. The van der Waals surface area contributed by atoms with Crippen LogP contribution in [0.2, 0.25) is 0 Å². The molecule has 17 heavy (non-hydrogen) atoms. The van der Waals surface area contributed by atoms with E-state index in [0.717, 1.165) is 31.6 Å². The van der Waals surface area contributed by atoms with E-state index < -0.39 is 0 Å². The maximum absolute atomic E-state index is 9.40. The predicted octanol–water partition coefficient (Wildman–Crippen LogP) is 1.95. The Morgan fingerprint density at radius 1 is 1.12 bits per heavy atom. The van der Waals surface area contributed by atoms with Gasteiger partial charge >= 0.3 is 0 Å². The summed E-state index contributed by atoms with van der Waals surface area (Å²) in [5.41, 5.74) is 6.91. The minimum absolute atomic E-state index is 0. The Bertz CT molecular complexity index is 347. The highest BCUT2D eigenvalue weighted by Gasteiger charge is 2.22. The number of phenolic OH excluding ortho intramolecular Hbond substituents is 2. The summed E-state index contributed by atoms with van der Waals surface area (Å²) in [4.78, 5) is 0. The van der Waals surface area contributed by atoms with Crippen molar-refractivity contribution in [2.24, 2.45) is 11.7 Å². The van der Waals surface area contributed by atoms with Crippen molar-refractivity contribution in [3.8, 4) is 11.5 Å². The number of hydrogen-bond donors (Lipinski definition) is 3. The molecule has 0 aromatic heterocycles. The van der Waals surface area contributed by atoms with E-state index in [-0.39, 0.29) is 29.9 Å². The molecule has 1 atom stereocenters. The molecule has 0 radical (unpaired) electrons. The zero-order chi connectivity index (χ0) is 11.5. The second-order valence-electron chi connectivity index (χ2n) is 4.26. The topological polar surface area (TPSA) is 75.7 Å². The Morgan fingerprint density at radius 2 is 1.65 bits per heavy atom. The SMILES string of the molecule is Cl.N[C@H](c1cc(O)cc(O)c1)C1CCOCC1. The summed E-state index contributed by atoms with van der Waals surface area (Å²) in [6.07, 6.45) is 1.86. The lowest BCUT2D eigenvalue weighted by Crippen LogP contribution is -2.27. The smallest absolute Gasteiger partial charge is 0.119 e. The van der Waals surface area contributed by atoms with Gasteiger partial charge in [-0.1, -0.05) is 0 Å². The van der Waals surface area contributed by atoms with E-state index >= 15 is 0 Å². The van der Waals surface area contributed by atoms with Gasteiger partial charge in [0, 0.05) is 25.3 Å². The third-order valence-electron chi connectivity index (χ3n) is 3.08. The van der Waals surface area contributed by atoms with Gasteiger partial charge in [0.15, 0.2) is 0 Å². The molecule has 1 heterocycles. The van der Waals surface area contributed by atoms with Crippen LogP contribution in [0.1, 0.15) is 24.4 Å². The molecule has 1 aliphatic rings. The lowest BCUT2D eigenvalue weighted by molar-refractivity contribution is 0.0583. The predicted molar refractivity (Wildman–Crippen MR) is 67.5 cm³/mol. The molecule has 2 rings (SSSR count). The van der Waals surface area contributed by atoms with Gasteiger partial charge in [-0.25, -0.2) is 0 Å². The zero-order valence-corrected chi connectivity index (χ0v) is 10.3. The molecule has 1 aromatic rings. The normalized spacial score (nSPS) is 18.4. The quantitative estimate of drug-likeness (QED) is 0.759. The van der Waals surface area contributed by atoms with Crippen molar-refractivity contribution in [3.63, 3.8) is 0 Å².